The van der Waals surface area contributed by atoms with Gasteiger partial charge >= 0.3 is 0 Å². The van der Waals surface area contributed by atoms with E-state index < -0.39 is 0 Å². The molecule has 3 heterocycles. The van der Waals surface area contributed by atoms with Crippen LogP contribution in [0.15, 0.2) is 49.1 Å². The van der Waals surface area contributed by atoms with E-state index in [1.165, 1.54) is 0 Å². The van der Waals surface area contributed by atoms with E-state index in [9.17, 15) is 4.79 Å². The third-order valence-corrected chi connectivity index (χ3v) is 2.37. The molecule has 5 heteroatoms. The van der Waals surface area contributed by atoms with E-state index in [0.29, 0.717) is 0 Å². The summed E-state index contributed by atoms with van der Waals surface area (Å²) in [7, 11) is 1.88. The van der Waals surface area contributed by atoms with Gasteiger partial charge in [-0.1, -0.05) is 0 Å². The van der Waals surface area contributed by atoms with Gasteiger partial charge in [-0.3, -0.25) is 9.78 Å². The Balaban J connectivity index is 0.000000147. The summed E-state index contributed by atoms with van der Waals surface area (Å²) in [5.74, 6) is 0.204. The minimum Gasteiger partial charge on any atom is -0.388 e. The Bertz CT molecular complexity index is 403. The standard InChI is InChI=1S/C6H8N2.C4H7NO.C4H5N/c1-7-6-2-4-8-5-3-6;6-4-2-1-3-5-4;1-2-4-5-3-1/h2-5H,1H3,(H,7,8);1-3H2,(H,5,6);1-5H. The molecule has 0 bridgehead atoms. The lowest BCUT2D eigenvalue weighted by Crippen LogP contribution is -2.12. The average molecular weight is 260 g/mol. The van der Waals surface area contributed by atoms with E-state index in [2.05, 4.69) is 20.6 Å². The maximum atomic E-state index is 10.1. The highest BCUT2D eigenvalue weighted by atomic mass is 16.1. The van der Waals surface area contributed by atoms with Gasteiger partial charge < -0.3 is 15.6 Å². The molecule has 0 saturated carbocycles. The number of H-pyrrole nitrogens is 1. The fourth-order valence-corrected chi connectivity index (χ4v) is 1.36. The van der Waals surface area contributed by atoms with Crippen LogP contribution in [0.2, 0.25) is 0 Å². The first-order valence-electron chi connectivity index (χ1n) is 6.25. The van der Waals surface area contributed by atoms with E-state index >= 15 is 0 Å². The second kappa shape index (κ2) is 9.70. The predicted molar refractivity (Wildman–Crippen MR) is 76.8 cm³/mol. The lowest BCUT2D eigenvalue weighted by atomic mass is 10.4. The lowest BCUT2D eigenvalue weighted by molar-refractivity contribution is -0.119. The van der Waals surface area contributed by atoms with Gasteiger partial charge in [-0.2, -0.15) is 0 Å². The Hall–Kier alpha value is -2.30. The zero-order chi connectivity index (χ0) is 13.8. The van der Waals surface area contributed by atoms with Crippen molar-refractivity contribution in [1.82, 2.24) is 15.3 Å². The fourth-order valence-electron chi connectivity index (χ4n) is 1.36. The number of nitrogens with zero attached hydrogens (tertiary/aromatic N) is 1. The van der Waals surface area contributed by atoms with Crippen molar-refractivity contribution in [2.75, 3.05) is 18.9 Å². The van der Waals surface area contributed by atoms with Gasteiger partial charge in [-0.05, 0) is 30.7 Å². The molecule has 3 rings (SSSR count). The highest BCUT2D eigenvalue weighted by molar-refractivity contribution is 5.77. The van der Waals surface area contributed by atoms with Gasteiger partial charge in [0, 0.05) is 50.5 Å². The monoisotopic (exact) mass is 260 g/mol. The molecule has 0 unspecified atom stereocenters. The van der Waals surface area contributed by atoms with E-state index in [-0.39, 0.29) is 5.91 Å². The van der Waals surface area contributed by atoms with Crippen LogP contribution in [0.3, 0.4) is 0 Å². The summed E-state index contributed by atoms with van der Waals surface area (Å²) in [5.41, 5.74) is 1.10. The van der Waals surface area contributed by atoms with Crippen LogP contribution < -0.4 is 10.6 Å². The Labute approximate surface area is 113 Å². The van der Waals surface area contributed by atoms with Crippen LogP contribution in [0.4, 0.5) is 5.69 Å². The molecular weight excluding hydrogens is 240 g/mol. The molecule has 0 spiro atoms. The van der Waals surface area contributed by atoms with Crippen molar-refractivity contribution >= 4 is 11.6 Å². The molecule has 1 fully saturated rings. The van der Waals surface area contributed by atoms with E-state index in [1.807, 2.05) is 43.7 Å². The minimum atomic E-state index is 0.204. The van der Waals surface area contributed by atoms with Crippen LogP contribution in [-0.2, 0) is 4.79 Å². The predicted octanol–water partition coefficient (Wildman–Crippen LogP) is 2.03. The molecule has 102 valence electrons. The van der Waals surface area contributed by atoms with Crippen molar-refractivity contribution in [2.45, 2.75) is 12.8 Å². The number of amides is 1. The Morgan fingerprint density at radius 2 is 1.89 bits per heavy atom. The van der Waals surface area contributed by atoms with Crippen LogP contribution in [0.1, 0.15) is 12.8 Å². The van der Waals surface area contributed by atoms with E-state index in [0.717, 1.165) is 25.1 Å². The first-order chi connectivity index (χ1) is 9.33. The number of carbonyl (C=O) groups is 1. The Kier molecular flexibility index (Phi) is 7.54. The molecule has 5 nitrogen and oxygen atoms in total. The minimum absolute atomic E-state index is 0.204. The number of nitrogens with one attached hydrogen (secondary N) is 3. The van der Waals surface area contributed by atoms with Gasteiger partial charge in [0.2, 0.25) is 5.91 Å². The van der Waals surface area contributed by atoms with Gasteiger partial charge in [0.15, 0.2) is 0 Å². The highest BCUT2D eigenvalue weighted by Gasteiger charge is 2.05. The second-order valence-corrected chi connectivity index (χ2v) is 3.82. The van der Waals surface area contributed by atoms with Crippen molar-refractivity contribution in [1.29, 1.82) is 0 Å². The summed E-state index contributed by atoms with van der Waals surface area (Å²) in [5, 5.41) is 5.67. The topological polar surface area (TPSA) is 69.8 Å². The van der Waals surface area contributed by atoms with Crippen LogP contribution in [0.25, 0.3) is 0 Å². The number of hydrogen-bond donors (Lipinski definition) is 3. The largest absolute Gasteiger partial charge is 0.388 e. The summed E-state index contributed by atoms with van der Waals surface area (Å²) in [6, 6.07) is 7.72. The van der Waals surface area contributed by atoms with Gasteiger partial charge in [0.25, 0.3) is 0 Å². The molecule has 1 aliphatic rings. The molecule has 0 atom stereocenters. The zero-order valence-electron chi connectivity index (χ0n) is 11.1. The summed E-state index contributed by atoms with van der Waals surface area (Å²) in [6.45, 7) is 0.888. The maximum absolute atomic E-state index is 10.1. The van der Waals surface area contributed by atoms with Crippen molar-refractivity contribution in [2.24, 2.45) is 0 Å². The van der Waals surface area contributed by atoms with Crippen LogP contribution in [0, 0.1) is 0 Å². The molecule has 0 radical (unpaired) electrons. The SMILES string of the molecule is CNc1ccncc1.O=C1CCCN1.c1cc[nH]c1. The first-order valence-corrected chi connectivity index (χ1v) is 6.25. The molecule has 1 amide bonds. The lowest BCUT2D eigenvalue weighted by Gasteiger charge is -1.93. The molecule has 2 aromatic heterocycles. The zero-order valence-corrected chi connectivity index (χ0v) is 11.1. The first kappa shape index (κ1) is 14.8. The van der Waals surface area contributed by atoms with Crippen LogP contribution in [0.5, 0.6) is 0 Å². The number of pyridine rings is 1. The molecule has 2 aromatic rings. The molecule has 1 saturated heterocycles. The van der Waals surface area contributed by atoms with Crippen molar-refractivity contribution in [3.05, 3.63) is 49.1 Å². The van der Waals surface area contributed by atoms with Gasteiger partial charge in [0.05, 0.1) is 0 Å². The smallest absolute Gasteiger partial charge is 0.220 e. The van der Waals surface area contributed by atoms with Crippen LogP contribution >= 0.6 is 0 Å². The third-order valence-electron chi connectivity index (χ3n) is 2.37. The van der Waals surface area contributed by atoms with Gasteiger partial charge in [-0.25, -0.2) is 0 Å². The number of rotatable bonds is 1. The normalized spacial score (nSPS) is 12.4. The fraction of sp³-hybridized carbons (Fsp3) is 0.286. The highest BCUT2D eigenvalue weighted by Crippen LogP contribution is 1.99. The van der Waals surface area contributed by atoms with Crippen molar-refractivity contribution < 1.29 is 4.79 Å². The molecule has 0 aromatic carbocycles. The van der Waals surface area contributed by atoms with Crippen molar-refractivity contribution in [3.8, 4) is 0 Å². The molecule has 1 aliphatic heterocycles. The third kappa shape index (κ3) is 7.59. The summed E-state index contributed by atoms with van der Waals surface area (Å²) in [4.78, 5) is 16.8. The van der Waals surface area contributed by atoms with Gasteiger partial charge in [-0.15, -0.1) is 0 Å². The number of hydrogen-bond acceptors (Lipinski definition) is 3. The second-order valence-electron chi connectivity index (χ2n) is 3.82. The average Bonchev–Trinajstić information content (AvgIpc) is 3.16. The number of anilines is 1. The summed E-state index contributed by atoms with van der Waals surface area (Å²) < 4.78 is 0. The Morgan fingerprint density at radius 3 is 2.16 bits per heavy atom. The summed E-state index contributed by atoms with van der Waals surface area (Å²) >= 11 is 0. The number of carbonyl (C=O) groups excluding carboxylic acids is 1. The molecule has 3 N–H and O–H groups in total. The van der Waals surface area contributed by atoms with E-state index in [1.54, 1.807) is 12.4 Å². The molecule has 19 heavy (non-hydrogen) atoms. The number of aromatic nitrogens is 2. The van der Waals surface area contributed by atoms with Crippen LogP contribution in [-0.4, -0.2) is 29.5 Å². The maximum Gasteiger partial charge on any atom is 0.220 e. The summed E-state index contributed by atoms with van der Waals surface area (Å²) in [6.07, 6.45) is 9.02. The quantitative estimate of drug-likeness (QED) is 0.735. The Morgan fingerprint density at radius 1 is 1.21 bits per heavy atom. The number of aromatic amines is 1. The van der Waals surface area contributed by atoms with E-state index in [4.69, 9.17) is 0 Å². The van der Waals surface area contributed by atoms with Crippen molar-refractivity contribution in [3.63, 3.8) is 0 Å². The molecule has 0 aliphatic carbocycles. The molecular formula is C14H20N4O. The van der Waals surface area contributed by atoms with Gasteiger partial charge in [0.1, 0.15) is 0 Å².